The SMILES string of the molecule is O=C(O)CCc1ccc(OCc2ccc(CN3CCCc4ccccc43)cc2)cc1. The monoisotopic (exact) mass is 401 g/mol. The Hall–Kier alpha value is -3.27. The van der Waals surface area contributed by atoms with Crippen LogP contribution < -0.4 is 9.64 Å². The summed E-state index contributed by atoms with van der Waals surface area (Å²) >= 11 is 0. The summed E-state index contributed by atoms with van der Waals surface area (Å²) in [4.78, 5) is 13.1. The van der Waals surface area contributed by atoms with Gasteiger partial charge in [0.05, 0.1) is 0 Å². The molecular weight excluding hydrogens is 374 g/mol. The summed E-state index contributed by atoms with van der Waals surface area (Å²) in [7, 11) is 0. The maximum absolute atomic E-state index is 10.7. The van der Waals surface area contributed by atoms with E-state index < -0.39 is 5.97 Å². The number of ether oxygens (including phenoxy) is 1. The molecular formula is C26H27NO3. The highest BCUT2D eigenvalue weighted by Crippen LogP contribution is 2.28. The Labute approximate surface area is 177 Å². The van der Waals surface area contributed by atoms with Crippen LogP contribution in [0.2, 0.25) is 0 Å². The molecule has 0 unspecified atom stereocenters. The number of carboxylic acid groups (broad SMARTS) is 1. The fraction of sp³-hybridized carbons (Fsp3) is 0.269. The summed E-state index contributed by atoms with van der Waals surface area (Å²) in [5.74, 6) is 0.0198. The highest BCUT2D eigenvalue weighted by molar-refractivity contribution is 5.67. The number of carbonyl (C=O) groups is 1. The average Bonchev–Trinajstić information content (AvgIpc) is 2.78. The molecule has 4 rings (SSSR count). The second-order valence-electron chi connectivity index (χ2n) is 7.80. The average molecular weight is 402 g/mol. The molecule has 0 aliphatic carbocycles. The van der Waals surface area contributed by atoms with Gasteiger partial charge in [0, 0.05) is 25.2 Å². The van der Waals surface area contributed by atoms with Crippen LogP contribution in [0, 0.1) is 0 Å². The molecule has 0 spiro atoms. The van der Waals surface area contributed by atoms with Gasteiger partial charge < -0.3 is 14.7 Å². The van der Waals surface area contributed by atoms with Crippen molar-refractivity contribution in [2.45, 2.75) is 38.8 Å². The number of anilines is 1. The number of nitrogens with zero attached hydrogens (tertiary/aromatic N) is 1. The molecule has 1 N–H and O–H groups in total. The molecule has 0 saturated carbocycles. The molecule has 0 radical (unpaired) electrons. The Bertz CT molecular complexity index is 980. The van der Waals surface area contributed by atoms with Crippen molar-refractivity contribution in [3.8, 4) is 5.75 Å². The second-order valence-corrected chi connectivity index (χ2v) is 7.80. The van der Waals surface area contributed by atoms with Gasteiger partial charge in [-0.1, -0.05) is 54.6 Å². The van der Waals surface area contributed by atoms with Crippen molar-refractivity contribution in [1.29, 1.82) is 0 Å². The zero-order valence-corrected chi connectivity index (χ0v) is 17.1. The third-order valence-electron chi connectivity index (χ3n) is 5.56. The number of aliphatic carboxylic acids is 1. The normalized spacial score (nSPS) is 13.0. The van der Waals surface area contributed by atoms with E-state index in [9.17, 15) is 4.79 Å². The summed E-state index contributed by atoms with van der Waals surface area (Å²) in [6.07, 6.45) is 3.07. The van der Waals surface area contributed by atoms with Crippen molar-refractivity contribution < 1.29 is 14.6 Å². The van der Waals surface area contributed by atoms with E-state index in [-0.39, 0.29) is 6.42 Å². The lowest BCUT2D eigenvalue weighted by Gasteiger charge is -2.31. The summed E-state index contributed by atoms with van der Waals surface area (Å²) in [5.41, 5.74) is 6.25. The van der Waals surface area contributed by atoms with Gasteiger partial charge in [0.1, 0.15) is 12.4 Å². The molecule has 3 aromatic rings. The number of fused-ring (bicyclic) bond motifs is 1. The Balaban J connectivity index is 1.31. The van der Waals surface area contributed by atoms with E-state index in [2.05, 4.69) is 53.4 Å². The fourth-order valence-corrected chi connectivity index (χ4v) is 3.91. The Kier molecular flexibility index (Phi) is 6.33. The first-order chi connectivity index (χ1) is 14.7. The number of rotatable bonds is 8. The maximum Gasteiger partial charge on any atom is 0.303 e. The van der Waals surface area contributed by atoms with Crippen molar-refractivity contribution in [2.75, 3.05) is 11.4 Å². The Morgan fingerprint density at radius 1 is 0.900 bits per heavy atom. The fourth-order valence-electron chi connectivity index (χ4n) is 3.91. The lowest BCUT2D eigenvalue weighted by atomic mass is 10.0. The molecule has 3 aromatic carbocycles. The Morgan fingerprint density at radius 2 is 1.60 bits per heavy atom. The molecule has 0 atom stereocenters. The lowest BCUT2D eigenvalue weighted by Crippen LogP contribution is -2.28. The van der Waals surface area contributed by atoms with Crippen LogP contribution >= 0.6 is 0 Å². The molecule has 1 aliphatic heterocycles. The predicted molar refractivity (Wildman–Crippen MR) is 119 cm³/mol. The van der Waals surface area contributed by atoms with Gasteiger partial charge in [-0.15, -0.1) is 0 Å². The first-order valence-electron chi connectivity index (χ1n) is 10.5. The molecule has 0 saturated heterocycles. The minimum absolute atomic E-state index is 0.148. The molecule has 1 aliphatic rings. The molecule has 0 aromatic heterocycles. The first-order valence-corrected chi connectivity index (χ1v) is 10.5. The molecule has 4 heteroatoms. The van der Waals surface area contributed by atoms with Crippen LogP contribution in [0.4, 0.5) is 5.69 Å². The van der Waals surface area contributed by atoms with E-state index >= 15 is 0 Å². The molecule has 1 heterocycles. The summed E-state index contributed by atoms with van der Waals surface area (Å²) in [5, 5.41) is 8.77. The molecule has 154 valence electrons. The van der Waals surface area contributed by atoms with Crippen molar-refractivity contribution >= 4 is 11.7 Å². The topological polar surface area (TPSA) is 49.8 Å². The van der Waals surface area contributed by atoms with E-state index in [4.69, 9.17) is 9.84 Å². The van der Waals surface area contributed by atoms with Crippen LogP contribution in [0.5, 0.6) is 5.75 Å². The van der Waals surface area contributed by atoms with E-state index in [0.717, 1.165) is 30.0 Å². The van der Waals surface area contributed by atoms with Crippen molar-refractivity contribution in [3.63, 3.8) is 0 Å². The Morgan fingerprint density at radius 3 is 2.37 bits per heavy atom. The summed E-state index contributed by atoms with van der Waals surface area (Å²) in [6, 6.07) is 25.0. The number of benzene rings is 3. The minimum atomic E-state index is -0.775. The van der Waals surface area contributed by atoms with E-state index in [0.29, 0.717) is 13.0 Å². The summed E-state index contributed by atoms with van der Waals surface area (Å²) < 4.78 is 5.88. The minimum Gasteiger partial charge on any atom is -0.489 e. The van der Waals surface area contributed by atoms with Gasteiger partial charge in [-0.25, -0.2) is 0 Å². The van der Waals surface area contributed by atoms with Crippen molar-refractivity contribution in [3.05, 3.63) is 95.1 Å². The van der Waals surface area contributed by atoms with Gasteiger partial charge in [0.25, 0.3) is 0 Å². The smallest absolute Gasteiger partial charge is 0.303 e. The van der Waals surface area contributed by atoms with Crippen LogP contribution in [0.1, 0.15) is 35.1 Å². The third-order valence-corrected chi connectivity index (χ3v) is 5.56. The van der Waals surface area contributed by atoms with Crippen LogP contribution in [0.3, 0.4) is 0 Å². The van der Waals surface area contributed by atoms with Crippen LogP contribution in [0.25, 0.3) is 0 Å². The molecule has 4 nitrogen and oxygen atoms in total. The largest absolute Gasteiger partial charge is 0.489 e. The summed E-state index contributed by atoms with van der Waals surface area (Å²) in [6.45, 7) is 2.54. The zero-order valence-electron chi connectivity index (χ0n) is 17.1. The van der Waals surface area contributed by atoms with Crippen molar-refractivity contribution in [2.24, 2.45) is 0 Å². The van der Waals surface area contributed by atoms with E-state index in [1.807, 2.05) is 24.3 Å². The zero-order chi connectivity index (χ0) is 20.8. The molecule has 30 heavy (non-hydrogen) atoms. The number of para-hydroxylation sites is 1. The lowest BCUT2D eigenvalue weighted by molar-refractivity contribution is -0.136. The molecule has 0 amide bonds. The molecule has 0 fully saturated rings. The van der Waals surface area contributed by atoms with Crippen LogP contribution in [0.15, 0.2) is 72.8 Å². The molecule has 0 bridgehead atoms. The quantitative estimate of drug-likeness (QED) is 0.561. The van der Waals surface area contributed by atoms with Gasteiger partial charge in [-0.3, -0.25) is 4.79 Å². The highest BCUT2D eigenvalue weighted by atomic mass is 16.5. The number of hydrogen-bond acceptors (Lipinski definition) is 3. The van der Waals surface area contributed by atoms with Gasteiger partial charge in [-0.05, 0) is 59.7 Å². The number of hydrogen-bond donors (Lipinski definition) is 1. The second kappa shape index (κ2) is 9.49. The van der Waals surface area contributed by atoms with Crippen LogP contribution in [-0.2, 0) is 30.8 Å². The van der Waals surface area contributed by atoms with Gasteiger partial charge in [-0.2, -0.15) is 0 Å². The van der Waals surface area contributed by atoms with Gasteiger partial charge >= 0.3 is 5.97 Å². The van der Waals surface area contributed by atoms with Crippen LogP contribution in [-0.4, -0.2) is 17.6 Å². The number of carboxylic acids is 1. The van der Waals surface area contributed by atoms with Gasteiger partial charge in [0.2, 0.25) is 0 Å². The standard InChI is InChI=1S/C26H27NO3/c28-26(29)16-13-20-11-14-24(15-12-20)30-19-22-9-7-21(8-10-22)18-27-17-3-5-23-4-1-2-6-25(23)27/h1-2,4,6-12,14-15H,3,5,13,16-19H2,(H,28,29). The predicted octanol–water partition coefficient (Wildman–Crippen LogP) is 5.24. The third kappa shape index (κ3) is 5.20. The van der Waals surface area contributed by atoms with E-state index in [1.54, 1.807) is 0 Å². The maximum atomic E-state index is 10.7. The van der Waals surface area contributed by atoms with Gasteiger partial charge in [0.15, 0.2) is 0 Å². The van der Waals surface area contributed by atoms with E-state index in [1.165, 1.54) is 29.7 Å². The first kappa shape index (κ1) is 20.0. The van der Waals surface area contributed by atoms with Crippen molar-refractivity contribution in [1.82, 2.24) is 0 Å². The number of aryl methyl sites for hydroxylation is 2. The highest BCUT2D eigenvalue weighted by Gasteiger charge is 2.16.